The number of pyridine rings is 1. The van der Waals surface area contributed by atoms with Crippen LogP contribution in [0.1, 0.15) is 11.3 Å². The number of rotatable bonds is 5. The molecule has 0 aliphatic rings. The lowest BCUT2D eigenvalue weighted by Crippen LogP contribution is -2.02. The van der Waals surface area contributed by atoms with E-state index in [0.29, 0.717) is 13.2 Å². The molecule has 0 radical (unpaired) electrons. The van der Waals surface area contributed by atoms with E-state index in [1.165, 1.54) is 5.56 Å². The molecule has 17 heavy (non-hydrogen) atoms. The second-order valence-electron chi connectivity index (χ2n) is 3.79. The number of benzene rings is 1. The van der Waals surface area contributed by atoms with Crippen LogP contribution in [-0.4, -0.2) is 11.5 Å². The normalized spacial score (nSPS) is 10.2. The molecule has 0 fully saturated rings. The van der Waals surface area contributed by atoms with E-state index in [0.717, 1.165) is 17.9 Å². The maximum atomic E-state index is 5.63. The molecule has 1 aromatic carbocycles. The van der Waals surface area contributed by atoms with Gasteiger partial charge in [-0.05, 0) is 42.8 Å². The Balaban J connectivity index is 1.91. The van der Waals surface area contributed by atoms with Gasteiger partial charge in [0.05, 0.1) is 5.69 Å². The first-order valence-electron chi connectivity index (χ1n) is 5.70. The van der Waals surface area contributed by atoms with Crippen molar-refractivity contribution in [3.63, 3.8) is 0 Å². The fourth-order valence-electron chi connectivity index (χ4n) is 1.56. The Kier molecular flexibility index (Phi) is 4.11. The summed E-state index contributed by atoms with van der Waals surface area (Å²) in [4.78, 5) is 4.20. The van der Waals surface area contributed by atoms with Crippen LogP contribution in [0, 0.1) is 0 Å². The quantitative estimate of drug-likeness (QED) is 0.853. The van der Waals surface area contributed by atoms with Gasteiger partial charge < -0.3 is 10.5 Å². The van der Waals surface area contributed by atoms with Crippen LogP contribution in [0.3, 0.4) is 0 Å². The highest BCUT2D eigenvalue weighted by Gasteiger charge is 1.97. The highest BCUT2D eigenvalue weighted by atomic mass is 16.5. The predicted molar refractivity (Wildman–Crippen MR) is 67.8 cm³/mol. The fraction of sp³-hybridized carbons (Fsp3) is 0.214. The van der Waals surface area contributed by atoms with Crippen LogP contribution in [0.25, 0.3) is 0 Å². The van der Waals surface area contributed by atoms with Gasteiger partial charge in [-0.2, -0.15) is 0 Å². The topological polar surface area (TPSA) is 48.1 Å². The molecule has 0 bridgehead atoms. The van der Waals surface area contributed by atoms with Gasteiger partial charge in [0.1, 0.15) is 12.4 Å². The summed E-state index contributed by atoms with van der Waals surface area (Å²) >= 11 is 0. The van der Waals surface area contributed by atoms with Crippen molar-refractivity contribution < 1.29 is 4.74 Å². The predicted octanol–water partition coefficient (Wildman–Crippen LogP) is 2.16. The highest BCUT2D eigenvalue weighted by Crippen LogP contribution is 2.13. The highest BCUT2D eigenvalue weighted by molar-refractivity contribution is 5.27. The third-order valence-electron chi connectivity index (χ3n) is 2.47. The van der Waals surface area contributed by atoms with Crippen molar-refractivity contribution in [2.45, 2.75) is 13.0 Å². The van der Waals surface area contributed by atoms with Gasteiger partial charge in [-0.15, -0.1) is 0 Å². The third-order valence-corrected chi connectivity index (χ3v) is 2.47. The molecule has 3 nitrogen and oxygen atoms in total. The van der Waals surface area contributed by atoms with Crippen molar-refractivity contribution >= 4 is 0 Å². The lowest BCUT2D eigenvalue weighted by molar-refractivity contribution is 0.301. The molecule has 2 rings (SSSR count). The van der Waals surface area contributed by atoms with Gasteiger partial charge in [0.25, 0.3) is 0 Å². The maximum absolute atomic E-state index is 5.63. The summed E-state index contributed by atoms with van der Waals surface area (Å²) < 4.78 is 5.63. The molecular weight excluding hydrogens is 212 g/mol. The molecule has 0 atom stereocenters. The van der Waals surface area contributed by atoms with Crippen molar-refractivity contribution in [2.24, 2.45) is 5.73 Å². The summed E-state index contributed by atoms with van der Waals surface area (Å²) in [5.74, 6) is 0.858. The first-order valence-corrected chi connectivity index (χ1v) is 5.70. The minimum atomic E-state index is 0.497. The number of ether oxygens (including phenoxy) is 1. The lowest BCUT2D eigenvalue weighted by atomic mass is 10.1. The van der Waals surface area contributed by atoms with E-state index in [-0.39, 0.29) is 0 Å². The summed E-state index contributed by atoms with van der Waals surface area (Å²) in [7, 11) is 0. The molecule has 2 aromatic rings. The molecule has 0 unspecified atom stereocenters. The number of hydrogen-bond acceptors (Lipinski definition) is 3. The van der Waals surface area contributed by atoms with Crippen molar-refractivity contribution in [3.8, 4) is 5.75 Å². The maximum Gasteiger partial charge on any atom is 0.130 e. The van der Waals surface area contributed by atoms with Gasteiger partial charge in [0.15, 0.2) is 0 Å². The Morgan fingerprint density at radius 1 is 1.06 bits per heavy atom. The molecule has 0 spiro atoms. The van der Waals surface area contributed by atoms with Gasteiger partial charge in [-0.1, -0.05) is 18.2 Å². The standard InChI is InChI=1S/C14H16N2O/c15-9-8-12-4-6-14(7-5-12)17-11-13-3-1-2-10-16-13/h1-7,10H,8-9,11,15H2. The molecule has 0 saturated heterocycles. The molecule has 1 heterocycles. The van der Waals surface area contributed by atoms with Crippen molar-refractivity contribution in [2.75, 3.05) is 6.54 Å². The Labute approximate surface area is 101 Å². The van der Waals surface area contributed by atoms with Gasteiger partial charge >= 0.3 is 0 Å². The Morgan fingerprint density at radius 2 is 1.88 bits per heavy atom. The van der Waals surface area contributed by atoms with Crippen LogP contribution in [0.5, 0.6) is 5.75 Å². The zero-order valence-electron chi connectivity index (χ0n) is 9.67. The summed E-state index contributed by atoms with van der Waals surface area (Å²) in [6.45, 7) is 1.17. The molecular formula is C14H16N2O. The number of nitrogens with zero attached hydrogens (tertiary/aromatic N) is 1. The second-order valence-corrected chi connectivity index (χ2v) is 3.79. The van der Waals surface area contributed by atoms with Gasteiger partial charge in [0, 0.05) is 6.20 Å². The summed E-state index contributed by atoms with van der Waals surface area (Å²) in [6, 6.07) is 13.8. The molecule has 2 N–H and O–H groups in total. The third kappa shape index (κ3) is 3.57. The fourth-order valence-corrected chi connectivity index (χ4v) is 1.56. The van der Waals surface area contributed by atoms with Crippen LogP contribution in [0.15, 0.2) is 48.7 Å². The molecule has 88 valence electrons. The molecule has 3 heteroatoms. The SMILES string of the molecule is NCCc1ccc(OCc2ccccn2)cc1. The Morgan fingerprint density at radius 3 is 2.53 bits per heavy atom. The summed E-state index contributed by atoms with van der Waals surface area (Å²) in [6.07, 6.45) is 2.67. The molecule has 1 aromatic heterocycles. The average Bonchev–Trinajstić information content (AvgIpc) is 2.40. The van der Waals surface area contributed by atoms with Crippen molar-refractivity contribution in [1.29, 1.82) is 0 Å². The van der Waals surface area contributed by atoms with Gasteiger partial charge in [-0.25, -0.2) is 0 Å². The van der Waals surface area contributed by atoms with E-state index in [2.05, 4.69) is 4.98 Å². The molecule has 0 aliphatic heterocycles. The van der Waals surface area contributed by atoms with E-state index in [9.17, 15) is 0 Å². The smallest absolute Gasteiger partial charge is 0.130 e. The van der Waals surface area contributed by atoms with E-state index in [4.69, 9.17) is 10.5 Å². The Hall–Kier alpha value is -1.87. The zero-order valence-corrected chi connectivity index (χ0v) is 9.67. The first-order chi connectivity index (χ1) is 8.38. The minimum Gasteiger partial charge on any atom is -0.487 e. The molecule has 0 saturated carbocycles. The number of nitrogens with two attached hydrogens (primary N) is 1. The van der Waals surface area contributed by atoms with E-state index < -0.39 is 0 Å². The molecule has 0 amide bonds. The van der Waals surface area contributed by atoms with Crippen LogP contribution < -0.4 is 10.5 Å². The zero-order chi connectivity index (χ0) is 11.9. The number of hydrogen-bond donors (Lipinski definition) is 1. The van der Waals surface area contributed by atoms with Gasteiger partial charge in [0.2, 0.25) is 0 Å². The van der Waals surface area contributed by atoms with Crippen LogP contribution >= 0.6 is 0 Å². The largest absolute Gasteiger partial charge is 0.487 e. The van der Waals surface area contributed by atoms with E-state index in [1.54, 1.807) is 6.20 Å². The summed E-state index contributed by atoms with van der Waals surface area (Å²) in [5.41, 5.74) is 7.66. The summed E-state index contributed by atoms with van der Waals surface area (Å²) in [5, 5.41) is 0. The number of aromatic nitrogens is 1. The van der Waals surface area contributed by atoms with Gasteiger partial charge in [-0.3, -0.25) is 4.98 Å². The monoisotopic (exact) mass is 228 g/mol. The van der Waals surface area contributed by atoms with Crippen molar-refractivity contribution in [1.82, 2.24) is 4.98 Å². The minimum absolute atomic E-state index is 0.497. The first kappa shape index (κ1) is 11.6. The Bertz CT molecular complexity index is 440. The van der Waals surface area contributed by atoms with E-state index in [1.807, 2.05) is 42.5 Å². The van der Waals surface area contributed by atoms with Crippen LogP contribution in [-0.2, 0) is 13.0 Å². The molecule has 0 aliphatic carbocycles. The van der Waals surface area contributed by atoms with Crippen molar-refractivity contribution in [3.05, 3.63) is 59.9 Å². The van der Waals surface area contributed by atoms with Crippen LogP contribution in [0.2, 0.25) is 0 Å². The lowest BCUT2D eigenvalue weighted by Gasteiger charge is -2.06. The van der Waals surface area contributed by atoms with E-state index >= 15 is 0 Å². The van der Waals surface area contributed by atoms with Crippen LogP contribution in [0.4, 0.5) is 0 Å². The second kappa shape index (κ2) is 6.01. The average molecular weight is 228 g/mol.